The summed E-state index contributed by atoms with van der Waals surface area (Å²) in [5, 5.41) is 11.4. The van der Waals surface area contributed by atoms with Crippen molar-refractivity contribution in [2.24, 2.45) is 0 Å². The van der Waals surface area contributed by atoms with Crippen molar-refractivity contribution in [2.75, 3.05) is 46.2 Å². The van der Waals surface area contributed by atoms with Gasteiger partial charge in [-0.05, 0) is 46.2 Å². The van der Waals surface area contributed by atoms with E-state index in [2.05, 4.69) is 46.5 Å². The number of aromatic nitrogens is 2. The molecule has 0 spiro atoms. The van der Waals surface area contributed by atoms with E-state index in [9.17, 15) is 0 Å². The van der Waals surface area contributed by atoms with E-state index in [1.807, 2.05) is 19.2 Å². The zero-order valence-corrected chi connectivity index (χ0v) is 11.3. The lowest BCUT2D eigenvalue weighted by Crippen LogP contribution is -2.24. The van der Waals surface area contributed by atoms with Gasteiger partial charge in [0.25, 0.3) is 0 Å². The summed E-state index contributed by atoms with van der Waals surface area (Å²) in [5.74, 6) is 0.934. The number of nitrogens with zero attached hydrogens (tertiary/aromatic N) is 4. The maximum absolute atomic E-state index is 4.22. The first-order valence-electron chi connectivity index (χ1n) is 5.96. The van der Waals surface area contributed by atoms with Crippen LogP contribution in [0.25, 0.3) is 0 Å². The molecular formula is C12H23N5. The Balaban J connectivity index is 2.43. The van der Waals surface area contributed by atoms with E-state index in [0.717, 1.165) is 37.6 Å². The highest BCUT2D eigenvalue weighted by Gasteiger charge is 2.03. The number of hydrogen-bond donors (Lipinski definition) is 1. The Bertz CT molecular complexity index is 309. The predicted molar refractivity (Wildman–Crippen MR) is 71.2 cm³/mol. The summed E-state index contributed by atoms with van der Waals surface area (Å²) < 4.78 is 0. The second-order valence-electron chi connectivity index (χ2n) is 4.49. The van der Waals surface area contributed by atoms with Crippen LogP contribution >= 0.6 is 0 Å². The molecule has 0 aliphatic heterocycles. The average molecular weight is 237 g/mol. The topological polar surface area (TPSA) is 44.3 Å². The molecule has 0 amide bonds. The highest BCUT2D eigenvalue weighted by Crippen LogP contribution is 2.07. The summed E-state index contributed by atoms with van der Waals surface area (Å²) >= 11 is 0. The number of rotatable bonds is 7. The normalized spacial score (nSPS) is 10.9. The summed E-state index contributed by atoms with van der Waals surface area (Å²) in [5.41, 5.74) is 0.970. The largest absolute Gasteiger partial charge is 0.358 e. The fraction of sp³-hybridized carbons (Fsp3) is 0.667. The molecule has 1 N–H and O–H groups in total. The van der Waals surface area contributed by atoms with Crippen LogP contribution in [0.2, 0.25) is 0 Å². The van der Waals surface area contributed by atoms with Crippen molar-refractivity contribution in [1.82, 2.24) is 20.4 Å². The van der Waals surface area contributed by atoms with Crippen molar-refractivity contribution in [3.63, 3.8) is 0 Å². The van der Waals surface area contributed by atoms with E-state index in [0.29, 0.717) is 0 Å². The van der Waals surface area contributed by atoms with Gasteiger partial charge in [-0.1, -0.05) is 0 Å². The van der Waals surface area contributed by atoms with Crippen molar-refractivity contribution < 1.29 is 0 Å². The summed E-state index contributed by atoms with van der Waals surface area (Å²) in [6.45, 7) is 2.85. The molecule has 0 atom stereocenters. The summed E-state index contributed by atoms with van der Waals surface area (Å²) in [6, 6.07) is 4.04. The van der Waals surface area contributed by atoms with E-state index < -0.39 is 0 Å². The zero-order chi connectivity index (χ0) is 12.7. The van der Waals surface area contributed by atoms with Crippen LogP contribution in [0.15, 0.2) is 12.1 Å². The number of hydrogen-bond acceptors (Lipinski definition) is 5. The van der Waals surface area contributed by atoms with Crippen LogP contribution in [0.3, 0.4) is 0 Å². The molecule has 0 bridgehead atoms. The van der Waals surface area contributed by atoms with E-state index in [1.54, 1.807) is 0 Å². The molecule has 0 saturated heterocycles. The van der Waals surface area contributed by atoms with Gasteiger partial charge in [0.15, 0.2) is 5.82 Å². The maximum atomic E-state index is 4.22. The van der Waals surface area contributed by atoms with Crippen LogP contribution < -0.4 is 10.2 Å². The third-order valence-electron chi connectivity index (χ3n) is 2.55. The Kier molecular flexibility index (Phi) is 5.86. The summed E-state index contributed by atoms with van der Waals surface area (Å²) in [7, 11) is 8.14. The van der Waals surface area contributed by atoms with E-state index in [1.165, 1.54) is 0 Å². The first-order valence-corrected chi connectivity index (χ1v) is 5.96. The van der Waals surface area contributed by atoms with Gasteiger partial charge >= 0.3 is 0 Å². The Morgan fingerprint density at radius 1 is 1.12 bits per heavy atom. The van der Waals surface area contributed by atoms with Gasteiger partial charge in [0, 0.05) is 20.1 Å². The van der Waals surface area contributed by atoms with Gasteiger partial charge in [-0.25, -0.2) is 0 Å². The van der Waals surface area contributed by atoms with Crippen LogP contribution in [0, 0.1) is 0 Å². The van der Waals surface area contributed by atoms with Crippen LogP contribution in [-0.2, 0) is 6.54 Å². The quantitative estimate of drug-likeness (QED) is 0.751. The lowest BCUT2D eigenvalue weighted by atomic mass is 10.3. The number of nitrogens with one attached hydrogen (secondary N) is 1. The monoisotopic (exact) mass is 237 g/mol. The SMILES string of the molecule is CNCc1ccc(N(C)CCCN(C)C)nn1. The van der Waals surface area contributed by atoms with Crippen molar-refractivity contribution in [1.29, 1.82) is 0 Å². The Hall–Kier alpha value is -1.20. The van der Waals surface area contributed by atoms with Crippen molar-refractivity contribution in [2.45, 2.75) is 13.0 Å². The van der Waals surface area contributed by atoms with Crippen molar-refractivity contribution in [3.8, 4) is 0 Å². The molecule has 0 radical (unpaired) electrons. The first-order chi connectivity index (χ1) is 8.13. The fourth-order valence-corrected chi connectivity index (χ4v) is 1.57. The molecule has 0 aliphatic rings. The van der Waals surface area contributed by atoms with Gasteiger partial charge in [0.05, 0.1) is 5.69 Å². The van der Waals surface area contributed by atoms with Crippen LogP contribution in [-0.4, -0.2) is 56.4 Å². The molecule has 5 heteroatoms. The number of anilines is 1. The molecule has 1 heterocycles. The van der Waals surface area contributed by atoms with Crippen LogP contribution in [0.1, 0.15) is 12.1 Å². The molecule has 96 valence electrons. The van der Waals surface area contributed by atoms with Gasteiger partial charge in [0.2, 0.25) is 0 Å². The van der Waals surface area contributed by atoms with Gasteiger partial charge in [-0.3, -0.25) is 0 Å². The third-order valence-corrected chi connectivity index (χ3v) is 2.55. The standard InChI is InChI=1S/C12H23N5/c1-13-10-11-6-7-12(15-14-11)17(4)9-5-8-16(2)3/h6-7,13H,5,8-10H2,1-4H3. The molecule has 17 heavy (non-hydrogen) atoms. The van der Waals surface area contributed by atoms with Gasteiger partial charge in [0.1, 0.15) is 0 Å². The molecular weight excluding hydrogens is 214 g/mol. The molecule has 0 aromatic carbocycles. The third kappa shape index (κ3) is 5.10. The second-order valence-corrected chi connectivity index (χ2v) is 4.49. The van der Waals surface area contributed by atoms with Crippen LogP contribution in [0.4, 0.5) is 5.82 Å². The van der Waals surface area contributed by atoms with E-state index >= 15 is 0 Å². The lowest BCUT2D eigenvalue weighted by Gasteiger charge is -2.18. The van der Waals surface area contributed by atoms with Gasteiger partial charge < -0.3 is 15.1 Å². The lowest BCUT2D eigenvalue weighted by molar-refractivity contribution is 0.401. The van der Waals surface area contributed by atoms with Crippen molar-refractivity contribution in [3.05, 3.63) is 17.8 Å². The molecule has 1 aromatic rings. The summed E-state index contributed by atoms with van der Waals surface area (Å²) in [4.78, 5) is 4.33. The minimum absolute atomic E-state index is 0.762. The predicted octanol–water partition coefficient (Wildman–Crippen LogP) is 0.584. The molecule has 0 fully saturated rings. The molecule has 1 aromatic heterocycles. The maximum Gasteiger partial charge on any atom is 0.150 e. The Labute approximate surface area is 104 Å². The molecule has 0 saturated carbocycles. The van der Waals surface area contributed by atoms with Crippen LogP contribution in [0.5, 0.6) is 0 Å². The molecule has 5 nitrogen and oxygen atoms in total. The first kappa shape index (κ1) is 13.9. The van der Waals surface area contributed by atoms with Gasteiger partial charge in [-0.2, -0.15) is 5.10 Å². The Morgan fingerprint density at radius 3 is 2.41 bits per heavy atom. The second kappa shape index (κ2) is 7.19. The smallest absolute Gasteiger partial charge is 0.150 e. The Morgan fingerprint density at radius 2 is 1.88 bits per heavy atom. The molecule has 1 rings (SSSR count). The fourth-order valence-electron chi connectivity index (χ4n) is 1.57. The average Bonchev–Trinajstić information content (AvgIpc) is 2.30. The minimum atomic E-state index is 0.762. The van der Waals surface area contributed by atoms with E-state index in [-0.39, 0.29) is 0 Å². The van der Waals surface area contributed by atoms with Gasteiger partial charge in [-0.15, -0.1) is 5.10 Å². The van der Waals surface area contributed by atoms with E-state index in [4.69, 9.17) is 0 Å². The minimum Gasteiger partial charge on any atom is -0.358 e. The van der Waals surface area contributed by atoms with Crippen molar-refractivity contribution >= 4 is 5.82 Å². The molecule has 0 aliphatic carbocycles. The highest BCUT2D eigenvalue weighted by atomic mass is 15.2. The highest BCUT2D eigenvalue weighted by molar-refractivity contribution is 5.35. The summed E-state index contributed by atoms with van der Waals surface area (Å²) in [6.07, 6.45) is 1.13. The molecule has 0 unspecified atom stereocenters. The zero-order valence-electron chi connectivity index (χ0n) is 11.3.